The van der Waals surface area contributed by atoms with Crippen LogP contribution >= 0.6 is 23.8 Å². The van der Waals surface area contributed by atoms with Gasteiger partial charge < -0.3 is 30.3 Å². The Morgan fingerprint density at radius 1 is 1.33 bits per heavy atom. The number of hydrogen-bond acceptors (Lipinski definition) is 7. The highest BCUT2D eigenvalue weighted by atomic mass is 35.5. The summed E-state index contributed by atoms with van der Waals surface area (Å²) in [6.45, 7) is 12.4. The minimum atomic E-state index is -0.699. The second-order valence-corrected chi connectivity index (χ2v) is 9.47. The maximum absolute atomic E-state index is 9.52. The first kappa shape index (κ1) is 23.2. The van der Waals surface area contributed by atoms with Crippen molar-refractivity contribution in [3.05, 3.63) is 10.7 Å². The minimum absolute atomic E-state index is 0.511. The number of thiocarbonyl (C=S) groups is 1. The number of halogens is 1. The molecular formula is C20H33ClN6O2S. The molecule has 3 aliphatic heterocycles. The molecule has 1 aromatic rings. The number of ether oxygens (including phenoxy) is 1. The van der Waals surface area contributed by atoms with Gasteiger partial charge in [-0.2, -0.15) is 4.98 Å². The van der Waals surface area contributed by atoms with Crippen LogP contribution < -0.4 is 15.5 Å². The van der Waals surface area contributed by atoms with Crippen molar-refractivity contribution in [2.24, 2.45) is 5.92 Å². The van der Waals surface area contributed by atoms with Gasteiger partial charge in [0.05, 0.1) is 18.8 Å². The first-order valence-corrected chi connectivity index (χ1v) is 11.4. The predicted molar refractivity (Wildman–Crippen MR) is 125 cm³/mol. The van der Waals surface area contributed by atoms with Crippen LogP contribution in [0.3, 0.4) is 0 Å². The normalized spacial score (nSPS) is 20.9. The monoisotopic (exact) mass is 456 g/mol. The van der Waals surface area contributed by atoms with Gasteiger partial charge in [-0.05, 0) is 44.8 Å². The molecule has 2 fully saturated rings. The van der Waals surface area contributed by atoms with E-state index in [-0.39, 0.29) is 0 Å². The number of nitrogens with zero attached hydrogens (tertiary/aromatic N) is 4. The molecule has 8 nitrogen and oxygen atoms in total. The van der Waals surface area contributed by atoms with E-state index in [1.807, 2.05) is 0 Å². The van der Waals surface area contributed by atoms with Crippen LogP contribution in [0, 0.1) is 5.92 Å². The molecule has 30 heavy (non-hydrogen) atoms. The van der Waals surface area contributed by atoms with Crippen LogP contribution in [0.4, 0.5) is 11.8 Å². The van der Waals surface area contributed by atoms with Crippen molar-refractivity contribution in [2.75, 3.05) is 62.7 Å². The standard InChI is InChI=1S/C10H13ClN4O.C10H20N2OS/c11-8-7-1-2-12-9(7)14-10(13-8)15-3-5-16-6-4-15;1-8-4-5-12(6-8)9(14)11-7-10(2,3)13/h1-6H2,(H,12,13,14);8,13H,4-7H2,1-3H3,(H,11,14)/t;8-/m.1/s1. The van der Waals surface area contributed by atoms with E-state index in [4.69, 9.17) is 28.6 Å². The van der Waals surface area contributed by atoms with E-state index in [1.54, 1.807) is 13.8 Å². The molecule has 168 valence electrons. The number of fused-ring (bicyclic) bond motifs is 1. The Balaban J connectivity index is 0.000000173. The molecule has 0 unspecified atom stereocenters. The predicted octanol–water partition coefficient (Wildman–Crippen LogP) is 1.91. The summed E-state index contributed by atoms with van der Waals surface area (Å²) in [5.74, 6) is 2.33. The summed E-state index contributed by atoms with van der Waals surface area (Å²) in [4.78, 5) is 13.1. The first-order chi connectivity index (χ1) is 14.2. The van der Waals surface area contributed by atoms with Crippen molar-refractivity contribution in [3.8, 4) is 0 Å². The van der Waals surface area contributed by atoms with E-state index in [2.05, 4.69) is 37.3 Å². The summed E-state index contributed by atoms with van der Waals surface area (Å²) in [5.41, 5.74) is 0.341. The van der Waals surface area contributed by atoms with E-state index >= 15 is 0 Å². The summed E-state index contributed by atoms with van der Waals surface area (Å²) < 4.78 is 5.30. The average molecular weight is 457 g/mol. The molecule has 0 radical (unpaired) electrons. The van der Waals surface area contributed by atoms with E-state index in [0.717, 1.165) is 74.8 Å². The number of morpholine rings is 1. The number of aromatic nitrogens is 2. The molecule has 1 aromatic heterocycles. The highest BCUT2D eigenvalue weighted by molar-refractivity contribution is 7.80. The van der Waals surface area contributed by atoms with Gasteiger partial charge >= 0.3 is 0 Å². The topological polar surface area (TPSA) is 85.8 Å². The summed E-state index contributed by atoms with van der Waals surface area (Å²) >= 11 is 11.4. The molecule has 0 saturated carbocycles. The van der Waals surface area contributed by atoms with Gasteiger partial charge in [0, 0.05) is 44.8 Å². The van der Waals surface area contributed by atoms with E-state index in [1.165, 1.54) is 6.42 Å². The van der Waals surface area contributed by atoms with Crippen LogP contribution in [-0.2, 0) is 11.2 Å². The molecule has 2 saturated heterocycles. The lowest BCUT2D eigenvalue weighted by atomic mass is 10.1. The fourth-order valence-corrected chi connectivity index (χ4v) is 4.04. The average Bonchev–Trinajstić information content (AvgIpc) is 3.36. The number of likely N-dealkylation sites (tertiary alicyclic amines) is 1. The van der Waals surface area contributed by atoms with Crippen molar-refractivity contribution in [1.29, 1.82) is 0 Å². The van der Waals surface area contributed by atoms with Crippen LogP contribution in [0.2, 0.25) is 5.15 Å². The molecule has 0 bridgehead atoms. The largest absolute Gasteiger partial charge is 0.389 e. The number of rotatable bonds is 3. The van der Waals surface area contributed by atoms with Crippen LogP contribution in [0.1, 0.15) is 32.8 Å². The third-order valence-corrected chi connectivity index (χ3v) is 6.00. The Kier molecular flexibility index (Phi) is 7.95. The molecule has 4 rings (SSSR count). The van der Waals surface area contributed by atoms with Gasteiger partial charge in [0.15, 0.2) is 5.11 Å². The zero-order chi connectivity index (χ0) is 21.7. The second-order valence-electron chi connectivity index (χ2n) is 8.73. The molecule has 3 aliphatic rings. The SMILES string of the molecule is C[C@@H]1CCN(C(=S)NCC(C)(C)O)C1.Clc1nc(N2CCOCC2)nc2c1CCN2. The maximum atomic E-state index is 9.52. The zero-order valence-electron chi connectivity index (χ0n) is 18.1. The van der Waals surface area contributed by atoms with Crippen molar-refractivity contribution in [1.82, 2.24) is 20.2 Å². The molecule has 4 heterocycles. The Bertz CT molecular complexity index is 739. The first-order valence-electron chi connectivity index (χ1n) is 10.6. The van der Waals surface area contributed by atoms with Gasteiger partial charge in [0.2, 0.25) is 5.95 Å². The van der Waals surface area contributed by atoms with Crippen molar-refractivity contribution >= 4 is 40.7 Å². The molecule has 10 heteroatoms. The van der Waals surface area contributed by atoms with Gasteiger partial charge in [-0.15, -0.1) is 0 Å². The Labute approximate surface area is 189 Å². The van der Waals surface area contributed by atoms with Crippen LogP contribution in [0.5, 0.6) is 0 Å². The molecule has 0 aromatic carbocycles. The van der Waals surface area contributed by atoms with Crippen molar-refractivity contribution < 1.29 is 9.84 Å². The quantitative estimate of drug-likeness (QED) is 0.466. The highest BCUT2D eigenvalue weighted by Gasteiger charge is 2.22. The highest BCUT2D eigenvalue weighted by Crippen LogP contribution is 2.28. The molecular weight excluding hydrogens is 424 g/mol. The third-order valence-electron chi connectivity index (χ3n) is 5.29. The van der Waals surface area contributed by atoms with Gasteiger partial charge in [-0.3, -0.25) is 0 Å². The molecule has 0 amide bonds. The van der Waals surface area contributed by atoms with Gasteiger partial charge in [0.1, 0.15) is 11.0 Å². The van der Waals surface area contributed by atoms with Gasteiger partial charge in [-0.25, -0.2) is 4.98 Å². The van der Waals surface area contributed by atoms with E-state index in [9.17, 15) is 5.11 Å². The van der Waals surface area contributed by atoms with Gasteiger partial charge in [-0.1, -0.05) is 18.5 Å². The van der Waals surface area contributed by atoms with E-state index < -0.39 is 5.60 Å². The lowest BCUT2D eigenvalue weighted by Gasteiger charge is -2.27. The fourth-order valence-electron chi connectivity index (χ4n) is 3.55. The van der Waals surface area contributed by atoms with Crippen molar-refractivity contribution in [2.45, 2.75) is 39.2 Å². The van der Waals surface area contributed by atoms with Gasteiger partial charge in [0.25, 0.3) is 0 Å². The minimum Gasteiger partial charge on any atom is -0.389 e. The number of nitrogens with one attached hydrogen (secondary N) is 2. The molecule has 3 N–H and O–H groups in total. The molecule has 0 aliphatic carbocycles. The molecule has 1 atom stereocenters. The number of aliphatic hydroxyl groups is 1. The lowest BCUT2D eigenvalue weighted by Crippen LogP contribution is -2.44. The number of hydrogen-bond donors (Lipinski definition) is 3. The number of anilines is 2. The lowest BCUT2D eigenvalue weighted by molar-refractivity contribution is 0.0843. The van der Waals surface area contributed by atoms with Crippen LogP contribution in [-0.4, -0.2) is 83.2 Å². The van der Waals surface area contributed by atoms with Crippen LogP contribution in [0.25, 0.3) is 0 Å². The second kappa shape index (κ2) is 10.3. The summed E-state index contributed by atoms with van der Waals surface area (Å²) in [7, 11) is 0. The smallest absolute Gasteiger partial charge is 0.228 e. The fraction of sp³-hybridized carbons (Fsp3) is 0.750. The van der Waals surface area contributed by atoms with Crippen LogP contribution in [0.15, 0.2) is 0 Å². The Morgan fingerprint density at radius 3 is 2.70 bits per heavy atom. The Morgan fingerprint density at radius 2 is 2.07 bits per heavy atom. The molecule has 0 spiro atoms. The third kappa shape index (κ3) is 6.54. The summed E-state index contributed by atoms with van der Waals surface area (Å²) in [5, 5.41) is 17.2. The summed E-state index contributed by atoms with van der Waals surface area (Å²) in [6, 6.07) is 0. The maximum Gasteiger partial charge on any atom is 0.228 e. The Hall–Kier alpha value is -1.42. The summed E-state index contributed by atoms with van der Waals surface area (Å²) in [6.07, 6.45) is 2.13. The van der Waals surface area contributed by atoms with E-state index in [0.29, 0.717) is 17.6 Å². The zero-order valence-corrected chi connectivity index (χ0v) is 19.7. The van der Waals surface area contributed by atoms with Crippen molar-refractivity contribution in [3.63, 3.8) is 0 Å².